The minimum atomic E-state index is -0.535. The monoisotopic (exact) mass is 281 g/mol. The zero-order valence-corrected chi connectivity index (χ0v) is 11.3. The first-order chi connectivity index (χ1) is 10.2. The number of para-hydroxylation sites is 2. The second-order valence-electron chi connectivity index (χ2n) is 4.90. The number of hydrogen-bond donors (Lipinski definition) is 2. The van der Waals surface area contributed by atoms with Crippen molar-refractivity contribution in [2.24, 2.45) is 5.73 Å². The highest BCUT2D eigenvalue weighted by Crippen LogP contribution is 2.35. The van der Waals surface area contributed by atoms with Crippen LogP contribution in [0.15, 0.2) is 54.6 Å². The Kier molecular flexibility index (Phi) is 3.31. The fraction of sp³-hybridized carbons (Fsp3) is 0.125. The Hall–Kier alpha value is -2.82. The molecule has 0 bridgehead atoms. The topological polar surface area (TPSA) is 75.4 Å². The van der Waals surface area contributed by atoms with Gasteiger partial charge in [0.25, 0.3) is 5.91 Å². The summed E-state index contributed by atoms with van der Waals surface area (Å²) in [6.45, 7) is -0.124. The summed E-state index contributed by atoms with van der Waals surface area (Å²) in [4.78, 5) is 25.4. The molecule has 0 saturated heterocycles. The molecule has 21 heavy (non-hydrogen) atoms. The molecule has 0 aromatic heterocycles. The average molecular weight is 281 g/mol. The number of primary amides is 1. The van der Waals surface area contributed by atoms with Gasteiger partial charge < -0.3 is 11.1 Å². The SMILES string of the molecule is NC(=O)CN1C(=O)C(c2ccccc2)Nc2ccccc21. The zero-order valence-electron chi connectivity index (χ0n) is 11.3. The molecular weight excluding hydrogens is 266 g/mol. The highest BCUT2D eigenvalue weighted by Gasteiger charge is 2.33. The first-order valence-corrected chi connectivity index (χ1v) is 6.67. The van der Waals surface area contributed by atoms with Crippen LogP contribution in [0, 0.1) is 0 Å². The van der Waals surface area contributed by atoms with Gasteiger partial charge in [0.05, 0.1) is 11.4 Å². The largest absolute Gasteiger partial charge is 0.368 e. The van der Waals surface area contributed by atoms with Gasteiger partial charge in [-0.05, 0) is 17.7 Å². The Labute approximate surface area is 122 Å². The van der Waals surface area contributed by atoms with E-state index in [0.29, 0.717) is 5.69 Å². The second kappa shape index (κ2) is 5.28. The van der Waals surface area contributed by atoms with Crippen molar-refractivity contribution in [1.29, 1.82) is 0 Å². The van der Waals surface area contributed by atoms with Crippen molar-refractivity contribution >= 4 is 23.2 Å². The van der Waals surface area contributed by atoms with Gasteiger partial charge in [-0.25, -0.2) is 0 Å². The molecule has 1 aliphatic heterocycles. The fourth-order valence-corrected chi connectivity index (χ4v) is 2.51. The summed E-state index contributed by atoms with van der Waals surface area (Å²) < 4.78 is 0. The van der Waals surface area contributed by atoms with E-state index < -0.39 is 11.9 Å². The van der Waals surface area contributed by atoms with Crippen LogP contribution in [-0.4, -0.2) is 18.4 Å². The summed E-state index contributed by atoms with van der Waals surface area (Å²) in [7, 11) is 0. The molecular formula is C16H15N3O2. The summed E-state index contributed by atoms with van der Waals surface area (Å²) in [6, 6.07) is 16.3. The van der Waals surface area contributed by atoms with Gasteiger partial charge in [0.15, 0.2) is 0 Å². The lowest BCUT2D eigenvalue weighted by Crippen LogP contribution is -2.46. The molecule has 1 heterocycles. The minimum absolute atomic E-state index is 0.124. The number of benzene rings is 2. The Morgan fingerprint density at radius 2 is 1.76 bits per heavy atom. The van der Waals surface area contributed by atoms with Gasteiger partial charge in [0, 0.05) is 0 Å². The van der Waals surface area contributed by atoms with Crippen LogP contribution in [-0.2, 0) is 9.59 Å². The van der Waals surface area contributed by atoms with E-state index in [1.165, 1.54) is 4.90 Å². The van der Waals surface area contributed by atoms with E-state index >= 15 is 0 Å². The van der Waals surface area contributed by atoms with Crippen molar-refractivity contribution in [3.8, 4) is 0 Å². The lowest BCUT2D eigenvalue weighted by molar-refractivity contribution is -0.123. The van der Waals surface area contributed by atoms with Crippen molar-refractivity contribution < 1.29 is 9.59 Å². The summed E-state index contributed by atoms with van der Waals surface area (Å²) >= 11 is 0. The van der Waals surface area contributed by atoms with E-state index in [2.05, 4.69) is 5.32 Å². The van der Waals surface area contributed by atoms with Crippen molar-refractivity contribution in [2.45, 2.75) is 6.04 Å². The number of nitrogens with zero attached hydrogens (tertiary/aromatic N) is 1. The summed E-state index contributed by atoms with van der Waals surface area (Å²) in [5.41, 5.74) is 7.61. The molecule has 3 rings (SSSR count). The van der Waals surface area contributed by atoms with Crippen LogP contribution in [0.1, 0.15) is 11.6 Å². The number of carbonyl (C=O) groups is 2. The number of rotatable bonds is 3. The summed E-state index contributed by atoms with van der Waals surface area (Å²) in [5, 5.41) is 3.22. The minimum Gasteiger partial charge on any atom is -0.368 e. The molecule has 2 amide bonds. The third kappa shape index (κ3) is 2.45. The quantitative estimate of drug-likeness (QED) is 0.898. The van der Waals surface area contributed by atoms with Gasteiger partial charge in [0.2, 0.25) is 5.91 Å². The second-order valence-corrected chi connectivity index (χ2v) is 4.90. The predicted molar refractivity (Wildman–Crippen MR) is 80.8 cm³/mol. The molecule has 5 heteroatoms. The van der Waals surface area contributed by atoms with Crippen LogP contribution in [0.25, 0.3) is 0 Å². The van der Waals surface area contributed by atoms with Crippen LogP contribution in [0.5, 0.6) is 0 Å². The van der Waals surface area contributed by atoms with Crippen LogP contribution >= 0.6 is 0 Å². The van der Waals surface area contributed by atoms with E-state index in [9.17, 15) is 9.59 Å². The molecule has 3 N–H and O–H groups in total. The van der Waals surface area contributed by atoms with E-state index in [1.54, 1.807) is 6.07 Å². The van der Waals surface area contributed by atoms with Crippen molar-refractivity contribution in [1.82, 2.24) is 0 Å². The van der Waals surface area contributed by atoms with Crippen LogP contribution in [0.4, 0.5) is 11.4 Å². The van der Waals surface area contributed by atoms with Crippen molar-refractivity contribution in [3.05, 3.63) is 60.2 Å². The van der Waals surface area contributed by atoms with Crippen LogP contribution in [0.3, 0.4) is 0 Å². The Balaban J connectivity index is 2.04. The highest BCUT2D eigenvalue weighted by atomic mass is 16.2. The highest BCUT2D eigenvalue weighted by molar-refractivity contribution is 6.08. The number of hydrogen-bond acceptors (Lipinski definition) is 3. The van der Waals surface area contributed by atoms with Gasteiger partial charge in [0.1, 0.15) is 12.6 Å². The number of carbonyl (C=O) groups excluding carboxylic acids is 2. The van der Waals surface area contributed by atoms with Gasteiger partial charge in [-0.3, -0.25) is 14.5 Å². The maximum atomic E-state index is 12.7. The molecule has 106 valence electrons. The third-order valence-electron chi connectivity index (χ3n) is 3.45. The molecule has 0 spiro atoms. The average Bonchev–Trinajstić information content (AvgIpc) is 2.50. The maximum absolute atomic E-state index is 12.7. The smallest absolute Gasteiger partial charge is 0.254 e. The fourth-order valence-electron chi connectivity index (χ4n) is 2.51. The normalized spacial score (nSPS) is 17.0. The first-order valence-electron chi connectivity index (χ1n) is 6.67. The van der Waals surface area contributed by atoms with Gasteiger partial charge in [-0.15, -0.1) is 0 Å². The van der Waals surface area contributed by atoms with E-state index in [1.807, 2.05) is 48.5 Å². The van der Waals surface area contributed by atoms with Crippen LogP contribution in [0.2, 0.25) is 0 Å². The van der Waals surface area contributed by atoms with Gasteiger partial charge in [-0.1, -0.05) is 42.5 Å². The first kappa shape index (κ1) is 13.2. The van der Waals surface area contributed by atoms with Crippen molar-refractivity contribution in [2.75, 3.05) is 16.8 Å². The number of amides is 2. The van der Waals surface area contributed by atoms with Crippen LogP contribution < -0.4 is 16.0 Å². The van der Waals surface area contributed by atoms with E-state index in [-0.39, 0.29) is 12.5 Å². The Bertz CT molecular complexity index is 685. The maximum Gasteiger partial charge on any atom is 0.254 e. The lowest BCUT2D eigenvalue weighted by atomic mass is 10.0. The number of fused-ring (bicyclic) bond motifs is 1. The standard InChI is InChI=1S/C16H15N3O2/c17-14(20)10-19-13-9-5-4-8-12(13)18-15(16(19)21)11-6-2-1-3-7-11/h1-9,15,18H,10H2,(H2,17,20). The summed E-state index contributed by atoms with van der Waals surface area (Å²) in [6.07, 6.45) is 0. The Morgan fingerprint density at radius 1 is 1.10 bits per heavy atom. The van der Waals surface area contributed by atoms with E-state index in [0.717, 1.165) is 11.3 Å². The van der Waals surface area contributed by atoms with E-state index in [4.69, 9.17) is 5.73 Å². The predicted octanol–water partition coefficient (Wildman–Crippen LogP) is 1.67. The number of anilines is 2. The molecule has 2 aromatic rings. The molecule has 1 atom stereocenters. The Morgan fingerprint density at radius 3 is 2.48 bits per heavy atom. The molecule has 2 aromatic carbocycles. The lowest BCUT2D eigenvalue weighted by Gasteiger charge is -2.34. The van der Waals surface area contributed by atoms with Crippen molar-refractivity contribution in [3.63, 3.8) is 0 Å². The number of nitrogens with two attached hydrogens (primary N) is 1. The number of nitrogens with one attached hydrogen (secondary N) is 1. The zero-order chi connectivity index (χ0) is 14.8. The van der Waals surface area contributed by atoms with Gasteiger partial charge >= 0.3 is 0 Å². The van der Waals surface area contributed by atoms with Gasteiger partial charge in [-0.2, -0.15) is 0 Å². The molecule has 1 unspecified atom stereocenters. The molecule has 0 fully saturated rings. The molecule has 0 radical (unpaired) electrons. The molecule has 5 nitrogen and oxygen atoms in total. The molecule has 0 aliphatic carbocycles. The summed E-state index contributed by atoms with van der Waals surface area (Å²) in [5.74, 6) is -0.717. The molecule has 0 saturated carbocycles. The third-order valence-corrected chi connectivity index (χ3v) is 3.45. The molecule has 1 aliphatic rings.